The fourth-order valence-corrected chi connectivity index (χ4v) is 3.38. The molecular formula is C23H39IN6. The van der Waals surface area contributed by atoms with Gasteiger partial charge in [0.1, 0.15) is 0 Å². The maximum Gasteiger partial charge on any atom is 0.191 e. The van der Waals surface area contributed by atoms with Gasteiger partial charge in [-0.15, -0.1) is 24.0 Å². The number of guanidine groups is 1. The minimum Gasteiger partial charge on any atom is -0.380 e. The number of aromatic nitrogens is 2. The molecule has 1 aromatic carbocycles. The van der Waals surface area contributed by atoms with E-state index in [1.165, 1.54) is 11.3 Å². The van der Waals surface area contributed by atoms with Crippen molar-refractivity contribution in [1.29, 1.82) is 0 Å². The summed E-state index contributed by atoms with van der Waals surface area (Å²) in [5.41, 5.74) is 4.78. The summed E-state index contributed by atoms with van der Waals surface area (Å²) >= 11 is 0. The van der Waals surface area contributed by atoms with Crippen molar-refractivity contribution in [2.45, 2.75) is 60.0 Å². The van der Waals surface area contributed by atoms with Gasteiger partial charge in [0.15, 0.2) is 5.96 Å². The monoisotopic (exact) mass is 526 g/mol. The standard InChI is InChI=1S/C23H38N6.HI/c1-8-24-23(26-17(4)14-21-18(5)28-29(7)19(21)6)25-15-22(16(2)3)27-20-12-10-9-11-13-20;/h9-13,16-17,22,27H,8,14-15H2,1-7H3,(H2,24,25,26);1H. The summed E-state index contributed by atoms with van der Waals surface area (Å²) in [5.74, 6) is 1.33. The maximum absolute atomic E-state index is 4.87. The third-order valence-corrected chi connectivity index (χ3v) is 5.27. The van der Waals surface area contributed by atoms with Crippen molar-refractivity contribution < 1.29 is 0 Å². The van der Waals surface area contributed by atoms with Crippen LogP contribution < -0.4 is 16.0 Å². The van der Waals surface area contributed by atoms with Crippen molar-refractivity contribution in [3.8, 4) is 0 Å². The van der Waals surface area contributed by atoms with Crippen LogP contribution in [0.4, 0.5) is 5.69 Å². The van der Waals surface area contributed by atoms with Crippen LogP contribution in [-0.2, 0) is 13.5 Å². The molecular weight excluding hydrogens is 487 g/mol. The third kappa shape index (κ3) is 7.81. The highest BCUT2D eigenvalue weighted by Gasteiger charge is 2.16. The highest BCUT2D eigenvalue weighted by Crippen LogP contribution is 2.15. The van der Waals surface area contributed by atoms with Crippen LogP contribution in [0.3, 0.4) is 0 Å². The van der Waals surface area contributed by atoms with Crippen LogP contribution in [-0.4, -0.2) is 40.9 Å². The molecule has 1 aromatic heterocycles. The summed E-state index contributed by atoms with van der Waals surface area (Å²) in [7, 11) is 2.00. The number of hydrogen-bond donors (Lipinski definition) is 3. The molecule has 168 valence electrons. The molecule has 0 amide bonds. The van der Waals surface area contributed by atoms with Crippen molar-refractivity contribution in [1.82, 2.24) is 20.4 Å². The highest BCUT2D eigenvalue weighted by molar-refractivity contribution is 14.0. The zero-order valence-corrected chi connectivity index (χ0v) is 21.8. The van der Waals surface area contributed by atoms with Gasteiger partial charge in [-0.05, 0) is 57.7 Å². The molecule has 2 rings (SSSR count). The predicted octanol–water partition coefficient (Wildman–Crippen LogP) is 4.28. The third-order valence-electron chi connectivity index (χ3n) is 5.27. The summed E-state index contributed by atoms with van der Waals surface area (Å²) in [6.07, 6.45) is 0.922. The van der Waals surface area contributed by atoms with Crippen molar-refractivity contribution in [3.05, 3.63) is 47.3 Å². The fraction of sp³-hybridized carbons (Fsp3) is 0.565. The summed E-state index contributed by atoms with van der Waals surface area (Å²) < 4.78 is 1.96. The van der Waals surface area contributed by atoms with Crippen LogP contribution in [0.15, 0.2) is 35.3 Å². The Bertz CT molecular complexity index is 784. The normalized spacial score (nSPS) is 13.5. The first-order valence-electron chi connectivity index (χ1n) is 10.7. The Labute approximate surface area is 199 Å². The lowest BCUT2D eigenvalue weighted by molar-refractivity contribution is 0.529. The SMILES string of the molecule is CCNC(=NCC(Nc1ccccc1)C(C)C)NC(C)Cc1c(C)nn(C)c1C.I. The number of para-hydroxylation sites is 1. The Balaban J connectivity index is 0.00000450. The molecule has 30 heavy (non-hydrogen) atoms. The fourth-order valence-electron chi connectivity index (χ4n) is 3.38. The summed E-state index contributed by atoms with van der Waals surface area (Å²) in [5, 5.41) is 15.1. The Morgan fingerprint density at radius 2 is 1.80 bits per heavy atom. The van der Waals surface area contributed by atoms with E-state index in [2.05, 4.69) is 86.9 Å². The lowest BCUT2D eigenvalue weighted by Crippen LogP contribution is -2.44. The number of aryl methyl sites for hydroxylation is 2. The number of nitrogens with one attached hydrogen (secondary N) is 3. The second-order valence-electron chi connectivity index (χ2n) is 8.10. The molecule has 7 heteroatoms. The number of rotatable bonds is 9. The molecule has 0 aliphatic rings. The smallest absolute Gasteiger partial charge is 0.191 e. The summed E-state index contributed by atoms with van der Waals surface area (Å²) in [6, 6.07) is 10.9. The van der Waals surface area contributed by atoms with Crippen molar-refractivity contribution in [3.63, 3.8) is 0 Å². The number of halogens is 1. The van der Waals surface area contributed by atoms with Gasteiger partial charge in [0, 0.05) is 37.1 Å². The first-order chi connectivity index (χ1) is 13.8. The molecule has 0 aliphatic carbocycles. The average molecular weight is 527 g/mol. The molecule has 2 atom stereocenters. The van der Waals surface area contributed by atoms with Crippen LogP contribution in [0.25, 0.3) is 0 Å². The number of hydrogen-bond acceptors (Lipinski definition) is 3. The number of benzene rings is 1. The average Bonchev–Trinajstić information content (AvgIpc) is 2.91. The Morgan fingerprint density at radius 1 is 1.13 bits per heavy atom. The molecule has 0 saturated carbocycles. The molecule has 6 nitrogen and oxygen atoms in total. The van der Waals surface area contributed by atoms with Crippen LogP contribution in [0, 0.1) is 19.8 Å². The maximum atomic E-state index is 4.87. The van der Waals surface area contributed by atoms with Gasteiger partial charge >= 0.3 is 0 Å². The molecule has 0 radical (unpaired) electrons. The number of nitrogens with zero attached hydrogens (tertiary/aromatic N) is 3. The van der Waals surface area contributed by atoms with Gasteiger partial charge in [0.2, 0.25) is 0 Å². The first kappa shape index (κ1) is 26.3. The van der Waals surface area contributed by atoms with Crippen molar-refractivity contribution in [2.24, 2.45) is 18.0 Å². The van der Waals surface area contributed by atoms with Crippen molar-refractivity contribution in [2.75, 3.05) is 18.4 Å². The van der Waals surface area contributed by atoms with E-state index in [1.807, 2.05) is 17.8 Å². The van der Waals surface area contributed by atoms with E-state index >= 15 is 0 Å². The Kier molecular flexibility index (Phi) is 11.2. The van der Waals surface area contributed by atoms with Gasteiger partial charge in [-0.2, -0.15) is 5.10 Å². The number of anilines is 1. The largest absolute Gasteiger partial charge is 0.380 e. The molecule has 0 aliphatic heterocycles. The lowest BCUT2D eigenvalue weighted by Gasteiger charge is -2.23. The van der Waals surface area contributed by atoms with Gasteiger partial charge in [0.05, 0.1) is 12.2 Å². The van der Waals surface area contributed by atoms with Crippen LogP contribution in [0.5, 0.6) is 0 Å². The molecule has 2 aromatic rings. The van der Waals surface area contributed by atoms with E-state index in [1.54, 1.807) is 0 Å². The van der Waals surface area contributed by atoms with E-state index < -0.39 is 0 Å². The number of aliphatic imine (C=N–C) groups is 1. The minimum absolute atomic E-state index is 0. The molecule has 2 unspecified atom stereocenters. The minimum atomic E-state index is 0. The van der Waals surface area contributed by atoms with Gasteiger partial charge in [-0.25, -0.2) is 0 Å². The Morgan fingerprint density at radius 3 is 2.33 bits per heavy atom. The summed E-state index contributed by atoms with van der Waals surface area (Å²) in [4.78, 5) is 4.87. The molecule has 0 bridgehead atoms. The highest BCUT2D eigenvalue weighted by atomic mass is 127. The van der Waals surface area contributed by atoms with Crippen molar-refractivity contribution >= 4 is 35.6 Å². The van der Waals surface area contributed by atoms with Gasteiger partial charge in [-0.3, -0.25) is 9.67 Å². The van der Waals surface area contributed by atoms with Crippen LogP contribution >= 0.6 is 24.0 Å². The van der Waals surface area contributed by atoms with E-state index in [0.717, 1.165) is 30.3 Å². The van der Waals surface area contributed by atoms with Gasteiger partial charge in [-0.1, -0.05) is 32.0 Å². The molecule has 3 N–H and O–H groups in total. The molecule has 0 fully saturated rings. The summed E-state index contributed by atoms with van der Waals surface area (Å²) in [6.45, 7) is 14.5. The molecule has 0 spiro atoms. The predicted molar refractivity (Wildman–Crippen MR) is 139 cm³/mol. The Hall–Kier alpha value is -1.77. The zero-order valence-electron chi connectivity index (χ0n) is 19.5. The van der Waals surface area contributed by atoms with Gasteiger partial charge in [0.25, 0.3) is 0 Å². The second-order valence-corrected chi connectivity index (χ2v) is 8.10. The van der Waals surface area contributed by atoms with E-state index in [-0.39, 0.29) is 36.1 Å². The quantitative estimate of drug-likeness (QED) is 0.259. The molecule has 1 heterocycles. The van der Waals surface area contributed by atoms with Crippen LogP contribution in [0.1, 0.15) is 44.6 Å². The van der Waals surface area contributed by atoms with Gasteiger partial charge < -0.3 is 16.0 Å². The second kappa shape index (κ2) is 12.8. The van der Waals surface area contributed by atoms with E-state index in [0.29, 0.717) is 12.5 Å². The van der Waals surface area contributed by atoms with E-state index in [9.17, 15) is 0 Å². The van der Waals surface area contributed by atoms with E-state index in [4.69, 9.17) is 4.99 Å². The zero-order chi connectivity index (χ0) is 21.4. The molecule has 0 saturated heterocycles. The van der Waals surface area contributed by atoms with Crippen LogP contribution in [0.2, 0.25) is 0 Å². The first-order valence-corrected chi connectivity index (χ1v) is 10.7. The lowest BCUT2D eigenvalue weighted by atomic mass is 10.0. The topological polar surface area (TPSA) is 66.3 Å².